The van der Waals surface area contributed by atoms with E-state index in [2.05, 4.69) is 4.98 Å². The van der Waals surface area contributed by atoms with Gasteiger partial charge < -0.3 is 0 Å². The Morgan fingerprint density at radius 1 is 1.22 bits per heavy atom. The number of amides is 1. The summed E-state index contributed by atoms with van der Waals surface area (Å²) >= 11 is 0. The van der Waals surface area contributed by atoms with Gasteiger partial charge in [-0.2, -0.15) is 0 Å². The quantitative estimate of drug-likeness (QED) is 0.790. The van der Waals surface area contributed by atoms with E-state index in [9.17, 15) is 4.79 Å². The fourth-order valence-corrected chi connectivity index (χ4v) is 2.11. The topological polar surface area (TPSA) is 33.2 Å². The second kappa shape index (κ2) is 4.11. The van der Waals surface area contributed by atoms with Crippen LogP contribution < -0.4 is 4.90 Å². The number of fused-ring (bicyclic) bond motifs is 1. The minimum absolute atomic E-state index is 0.0325. The van der Waals surface area contributed by atoms with Crippen molar-refractivity contribution in [3.63, 3.8) is 0 Å². The lowest BCUT2D eigenvalue weighted by Gasteiger charge is -2.16. The first-order valence-corrected chi connectivity index (χ1v) is 5.77. The minimum atomic E-state index is -0.0325. The summed E-state index contributed by atoms with van der Waals surface area (Å²) in [4.78, 5) is 18.2. The van der Waals surface area contributed by atoms with Crippen LogP contribution in [0.15, 0.2) is 71.5 Å². The molecule has 0 aromatic carbocycles. The van der Waals surface area contributed by atoms with Gasteiger partial charge in [-0.25, -0.2) is 4.98 Å². The molecule has 0 radical (unpaired) electrons. The summed E-state index contributed by atoms with van der Waals surface area (Å²) in [5, 5.41) is 0. The first-order valence-electron chi connectivity index (χ1n) is 5.77. The molecule has 18 heavy (non-hydrogen) atoms. The zero-order valence-electron chi connectivity index (χ0n) is 10.00. The van der Waals surface area contributed by atoms with Crippen LogP contribution in [0.1, 0.15) is 0 Å². The van der Waals surface area contributed by atoms with Crippen LogP contribution in [0.4, 0.5) is 5.82 Å². The van der Waals surface area contributed by atoms with Crippen LogP contribution >= 0.6 is 0 Å². The second-order valence-electron chi connectivity index (χ2n) is 4.19. The fraction of sp³-hybridized carbons (Fsp3) is 0.0667. The van der Waals surface area contributed by atoms with E-state index in [0.717, 1.165) is 16.7 Å². The summed E-state index contributed by atoms with van der Waals surface area (Å²) in [5.74, 6) is 0.623. The zero-order chi connectivity index (χ0) is 12.5. The Morgan fingerprint density at radius 2 is 2.11 bits per heavy atom. The van der Waals surface area contributed by atoms with Crippen LogP contribution in [0.3, 0.4) is 0 Å². The van der Waals surface area contributed by atoms with Crippen molar-refractivity contribution in [1.82, 2.24) is 4.98 Å². The maximum atomic E-state index is 12.4. The largest absolute Gasteiger partial charge is 0.296 e. The molecule has 0 saturated carbocycles. The Labute approximate surface area is 105 Å². The van der Waals surface area contributed by atoms with Crippen LogP contribution in [0.2, 0.25) is 0 Å². The van der Waals surface area contributed by atoms with Gasteiger partial charge in [0.1, 0.15) is 5.82 Å². The molecule has 3 nitrogen and oxygen atoms in total. The van der Waals surface area contributed by atoms with Crippen molar-refractivity contribution in [2.45, 2.75) is 0 Å². The molecule has 0 atom stereocenters. The molecule has 1 amide bonds. The van der Waals surface area contributed by atoms with Crippen molar-refractivity contribution in [3.05, 3.63) is 71.5 Å². The number of allylic oxidation sites excluding steroid dienone is 6. The smallest absolute Gasteiger partial charge is 0.259 e. The number of aromatic nitrogens is 1. The van der Waals surface area contributed by atoms with Crippen molar-refractivity contribution in [3.8, 4) is 0 Å². The molecule has 0 saturated heterocycles. The van der Waals surface area contributed by atoms with Crippen LogP contribution in [0, 0.1) is 0 Å². The molecule has 0 unspecified atom stereocenters. The van der Waals surface area contributed by atoms with Crippen LogP contribution in [0.25, 0.3) is 0 Å². The van der Waals surface area contributed by atoms with Gasteiger partial charge in [0.05, 0.1) is 0 Å². The number of hydrogen-bond acceptors (Lipinski definition) is 2. The molecule has 1 heterocycles. The molecule has 0 spiro atoms. The lowest BCUT2D eigenvalue weighted by molar-refractivity contribution is -0.114. The third kappa shape index (κ3) is 1.61. The lowest BCUT2D eigenvalue weighted by Crippen LogP contribution is -2.28. The van der Waals surface area contributed by atoms with Gasteiger partial charge in [-0.1, -0.05) is 30.4 Å². The predicted octanol–water partition coefficient (Wildman–Crippen LogP) is 2.41. The SMILES string of the molecule is CN(C(=O)C1=C2C=CC=C2C=C1)c1ccccn1. The summed E-state index contributed by atoms with van der Waals surface area (Å²) in [6.07, 6.45) is 11.5. The maximum absolute atomic E-state index is 12.4. The molecule has 2 aliphatic rings. The average molecular weight is 236 g/mol. The lowest BCUT2D eigenvalue weighted by atomic mass is 10.1. The van der Waals surface area contributed by atoms with E-state index >= 15 is 0 Å². The number of likely N-dealkylation sites (N-methyl/N-ethyl adjacent to an activating group) is 1. The third-order valence-corrected chi connectivity index (χ3v) is 3.10. The van der Waals surface area contributed by atoms with Crippen LogP contribution in [-0.4, -0.2) is 17.9 Å². The van der Waals surface area contributed by atoms with Crippen molar-refractivity contribution >= 4 is 11.7 Å². The Bertz CT molecular complexity index is 621. The summed E-state index contributed by atoms with van der Waals surface area (Å²) in [7, 11) is 1.74. The van der Waals surface area contributed by atoms with Gasteiger partial charge in [0, 0.05) is 18.8 Å². The van der Waals surface area contributed by atoms with Crippen molar-refractivity contribution in [2.75, 3.05) is 11.9 Å². The normalized spacial score (nSPS) is 15.9. The van der Waals surface area contributed by atoms with Gasteiger partial charge in [0.15, 0.2) is 0 Å². The fourth-order valence-electron chi connectivity index (χ4n) is 2.11. The maximum Gasteiger partial charge on any atom is 0.259 e. The number of rotatable bonds is 2. The first-order chi connectivity index (χ1) is 8.77. The molecule has 2 aliphatic carbocycles. The number of pyridine rings is 1. The number of nitrogens with zero attached hydrogens (tertiary/aromatic N) is 2. The highest BCUT2D eigenvalue weighted by Gasteiger charge is 2.23. The van der Waals surface area contributed by atoms with E-state index in [-0.39, 0.29) is 5.91 Å². The molecule has 1 aromatic rings. The number of carbonyl (C=O) groups is 1. The molecular weight excluding hydrogens is 224 g/mol. The first kappa shape index (κ1) is 10.7. The monoisotopic (exact) mass is 236 g/mol. The summed E-state index contributed by atoms with van der Waals surface area (Å²) < 4.78 is 0. The molecule has 0 aliphatic heterocycles. The Balaban J connectivity index is 1.93. The van der Waals surface area contributed by atoms with E-state index in [1.165, 1.54) is 0 Å². The highest BCUT2D eigenvalue weighted by Crippen LogP contribution is 2.31. The van der Waals surface area contributed by atoms with Crippen LogP contribution in [-0.2, 0) is 4.79 Å². The van der Waals surface area contributed by atoms with Gasteiger partial charge >= 0.3 is 0 Å². The summed E-state index contributed by atoms with van der Waals surface area (Å²) in [6.45, 7) is 0. The van der Waals surface area contributed by atoms with E-state index in [0.29, 0.717) is 5.82 Å². The average Bonchev–Trinajstić information content (AvgIpc) is 3.00. The highest BCUT2D eigenvalue weighted by atomic mass is 16.2. The summed E-state index contributed by atoms with van der Waals surface area (Å²) in [5.41, 5.74) is 2.83. The summed E-state index contributed by atoms with van der Waals surface area (Å²) in [6, 6.07) is 5.53. The van der Waals surface area contributed by atoms with Gasteiger partial charge in [0.25, 0.3) is 5.91 Å². The predicted molar refractivity (Wildman–Crippen MR) is 71.0 cm³/mol. The van der Waals surface area contributed by atoms with Crippen molar-refractivity contribution < 1.29 is 4.79 Å². The molecule has 3 heteroatoms. The van der Waals surface area contributed by atoms with Gasteiger partial charge in [0.2, 0.25) is 0 Å². The van der Waals surface area contributed by atoms with Crippen LogP contribution in [0.5, 0.6) is 0 Å². The zero-order valence-corrected chi connectivity index (χ0v) is 10.00. The molecule has 88 valence electrons. The molecule has 0 N–H and O–H groups in total. The highest BCUT2D eigenvalue weighted by molar-refractivity contribution is 6.09. The van der Waals surface area contributed by atoms with E-state index in [1.807, 2.05) is 48.6 Å². The Hall–Kier alpha value is -2.42. The van der Waals surface area contributed by atoms with Gasteiger partial charge in [-0.3, -0.25) is 9.69 Å². The van der Waals surface area contributed by atoms with Gasteiger partial charge in [-0.15, -0.1) is 0 Å². The van der Waals surface area contributed by atoms with Gasteiger partial charge in [-0.05, 0) is 29.4 Å². The Kier molecular flexibility index (Phi) is 2.45. The number of hydrogen-bond donors (Lipinski definition) is 0. The third-order valence-electron chi connectivity index (χ3n) is 3.10. The van der Waals surface area contributed by atoms with E-state index in [4.69, 9.17) is 0 Å². The minimum Gasteiger partial charge on any atom is -0.296 e. The number of anilines is 1. The number of carbonyl (C=O) groups excluding carboxylic acids is 1. The molecule has 0 bridgehead atoms. The Morgan fingerprint density at radius 3 is 2.89 bits per heavy atom. The van der Waals surface area contributed by atoms with E-state index in [1.54, 1.807) is 18.1 Å². The molecular formula is C15H12N2O. The van der Waals surface area contributed by atoms with Crippen molar-refractivity contribution in [2.24, 2.45) is 0 Å². The second-order valence-corrected chi connectivity index (χ2v) is 4.19. The molecule has 3 rings (SSSR count). The molecule has 1 aromatic heterocycles. The standard InChI is InChI=1S/C15H12N2O/c1-17(14-7-2-3-10-16-14)15(18)13-9-8-11-5-4-6-12(11)13/h2-10H,1H3. The van der Waals surface area contributed by atoms with E-state index < -0.39 is 0 Å². The van der Waals surface area contributed by atoms with Crippen molar-refractivity contribution in [1.29, 1.82) is 0 Å². The molecule has 0 fully saturated rings.